The van der Waals surface area contributed by atoms with Gasteiger partial charge in [-0.15, -0.1) is 0 Å². The molecule has 2 rings (SSSR count). The Morgan fingerprint density at radius 2 is 1.77 bits per heavy atom. The molecule has 7 nitrogen and oxygen atoms in total. The minimum absolute atomic E-state index is 0.00554. The summed E-state index contributed by atoms with van der Waals surface area (Å²) in [5, 5.41) is 8.86. The molecular weight excluding hydrogens is 407 g/mol. The van der Waals surface area contributed by atoms with Gasteiger partial charge >= 0.3 is 0 Å². The largest absolute Gasteiger partial charge is 0.357 e. The fraction of sp³-hybridized carbons (Fsp3) is 0.333. The Hall–Kier alpha value is -2.94. The molecule has 2 aromatic carbocycles. The molecule has 0 heterocycles. The number of sulfone groups is 1. The first-order valence-corrected chi connectivity index (χ1v) is 11.5. The number of nitrogens with one attached hydrogen (secondary N) is 3. The van der Waals surface area contributed by atoms with Gasteiger partial charge in [-0.05, 0) is 43.2 Å². The van der Waals surface area contributed by atoms with Crippen molar-refractivity contribution in [1.82, 2.24) is 16.0 Å². The van der Waals surface area contributed by atoms with Crippen molar-refractivity contribution >= 4 is 21.7 Å². The number of nitrogens with zero attached hydrogens (tertiary/aromatic N) is 1. The Kier molecular flexibility index (Phi) is 8.35. The second-order valence-electron chi connectivity index (χ2n) is 6.73. The van der Waals surface area contributed by atoms with Crippen LogP contribution >= 0.6 is 0 Å². The molecule has 162 valence electrons. The highest BCUT2D eigenvalue weighted by atomic mass is 32.2. The molecule has 0 bridgehead atoms. The van der Waals surface area contributed by atoms with Gasteiger partial charge in [-0.1, -0.05) is 24.3 Å². The summed E-state index contributed by atoms with van der Waals surface area (Å²) in [5.41, 5.74) is 1.56. The van der Waals surface area contributed by atoms with Gasteiger partial charge in [0.05, 0.1) is 17.0 Å². The fourth-order valence-electron chi connectivity index (χ4n) is 2.84. The highest BCUT2D eigenvalue weighted by Crippen LogP contribution is 2.17. The maximum absolute atomic E-state index is 13.6. The molecule has 1 amide bonds. The number of amides is 1. The standard InChI is InChI=1S/C21H27FN4O3S/c1-4-23-21(25-12-11-24-20(27)17-7-5-6-8-18(17)22)26-14-16-9-10-19(15(2)13-16)30(3,28)29/h5-10,13H,4,11-12,14H2,1-3H3,(H,24,27)(H2,23,25,26). The Balaban J connectivity index is 1.91. The third-order valence-corrected chi connectivity index (χ3v) is 5.48. The molecule has 0 spiro atoms. The lowest BCUT2D eigenvalue weighted by Gasteiger charge is -2.12. The van der Waals surface area contributed by atoms with Crippen LogP contribution in [0, 0.1) is 12.7 Å². The molecular formula is C21H27FN4O3S. The monoisotopic (exact) mass is 434 g/mol. The number of rotatable bonds is 8. The van der Waals surface area contributed by atoms with Crippen LogP contribution < -0.4 is 16.0 Å². The molecule has 3 N–H and O–H groups in total. The van der Waals surface area contributed by atoms with E-state index in [2.05, 4.69) is 20.9 Å². The summed E-state index contributed by atoms with van der Waals surface area (Å²) in [6.45, 7) is 5.40. The second-order valence-corrected chi connectivity index (χ2v) is 8.71. The zero-order valence-corrected chi connectivity index (χ0v) is 18.1. The average Bonchev–Trinajstić information content (AvgIpc) is 2.68. The third-order valence-electron chi connectivity index (χ3n) is 4.22. The molecule has 0 saturated carbocycles. The zero-order chi connectivity index (χ0) is 22.1. The molecule has 0 aliphatic rings. The van der Waals surface area contributed by atoms with Gasteiger partial charge in [-0.25, -0.2) is 17.8 Å². The Morgan fingerprint density at radius 1 is 1.07 bits per heavy atom. The number of halogens is 1. The lowest BCUT2D eigenvalue weighted by atomic mass is 10.1. The van der Waals surface area contributed by atoms with Crippen molar-refractivity contribution < 1.29 is 17.6 Å². The van der Waals surface area contributed by atoms with E-state index in [1.807, 2.05) is 6.92 Å². The van der Waals surface area contributed by atoms with Gasteiger partial charge in [0.25, 0.3) is 5.91 Å². The van der Waals surface area contributed by atoms with Crippen molar-refractivity contribution in [3.05, 3.63) is 65.0 Å². The van der Waals surface area contributed by atoms with E-state index in [0.717, 1.165) is 5.56 Å². The van der Waals surface area contributed by atoms with Crippen LogP contribution in [-0.2, 0) is 16.4 Å². The minimum Gasteiger partial charge on any atom is -0.357 e. The predicted molar refractivity (Wildman–Crippen MR) is 116 cm³/mol. The fourth-order valence-corrected chi connectivity index (χ4v) is 3.79. The Labute approximate surface area is 176 Å². The molecule has 30 heavy (non-hydrogen) atoms. The van der Waals surface area contributed by atoms with Gasteiger partial charge < -0.3 is 16.0 Å². The van der Waals surface area contributed by atoms with Crippen molar-refractivity contribution in [2.75, 3.05) is 25.9 Å². The molecule has 0 aromatic heterocycles. The second kappa shape index (κ2) is 10.7. The molecule has 2 aromatic rings. The van der Waals surface area contributed by atoms with Crippen molar-refractivity contribution in [2.45, 2.75) is 25.3 Å². The maximum atomic E-state index is 13.6. The maximum Gasteiger partial charge on any atom is 0.254 e. The van der Waals surface area contributed by atoms with Gasteiger partial charge in [-0.3, -0.25) is 4.79 Å². The SMILES string of the molecule is CCNC(=NCc1ccc(S(C)(=O)=O)c(C)c1)NCCNC(=O)c1ccccc1F. The Morgan fingerprint density at radius 3 is 2.40 bits per heavy atom. The summed E-state index contributed by atoms with van der Waals surface area (Å²) in [4.78, 5) is 16.8. The number of aliphatic imine (C=N–C) groups is 1. The lowest BCUT2D eigenvalue weighted by Crippen LogP contribution is -2.41. The summed E-state index contributed by atoms with van der Waals surface area (Å²) >= 11 is 0. The van der Waals surface area contributed by atoms with E-state index < -0.39 is 21.6 Å². The van der Waals surface area contributed by atoms with E-state index in [4.69, 9.17) is 0 Å². The van der Waals surface area contributed by atoms with Crippen molar-refractivity contribution in [2.24, 2.45) is 4.99 Å². The summed E-state index contributed by atoms with van der Waals surface area (Å²) < 4.78 is 37.1. The Bertz CT molecular complexity index is 1020. The number of hydrogen-bond donors (Lipinski definition) is 3. The van der Waals surface area contributed by atoms with E-state index in [1.165, 1.54) is 24.5 Å². The molecule has 0 radical (unpaired) electrons. The predicted octanol–water partition coefficient (Wildman–Crippen LogP) is 2.02. The molecule has 0 fully saturated rings. The first-order valence-electron chi connectivity index (χ1n) is 9.57. The number of benzene rings is 2. The number of hydrogen-bond acceptors (Lipinski definition) is 4. The number of carbonyl (C=O) groups is 1. The van der Waals surface area contributed by atoms with Gasteiger partial charge in [0, 0.05) is 25.9 Å². The van der Waals surface area contributed by atoms with Crippen LogP contribution in [0.3, 0.4) is 0 Å². The number of guanidine groups is 1. The van der Waals surface area contributed by atoms with Crippen molar-refractivity contribution in [3.8, 4) is 0 Å². The number of carbonyl (C=O) groups excluding carboxylic acids is 1. The lowest BCUT2D eigenvalue weighted by molar-refractivity contribution is 0.0950. The van der Waals surface area contributed by atoms with Crippen molar-refractivity contribution in [1.29, 1.82) is 0 Å². The van der Waals surface area contributed by atoms with E-state index in [1.54, 1.807) is 31.2 Å². The third kappa shape index (κ3) is 6.84. The summed E-state index contributed by atoms with van der Waals surface area (Å²) in [6.07, 6.45) is 1.19. The van der Waals surface area contributed by atoms with Crippen LogP contribution in [0.4, 0.5) is 4.39 Å². The summed E-state index contributed by atoms with van der Waals surface area (Å²) in [6, 6.07) is 10.9. The topological polar surface area (TPSA) is 99.7 Å². The van der Waals surface area contributed by atoms with Crippen LogP contribution in [0.5, 0.6) is 0 Å². The first kappa shape index (κ1) is 23.3. The van der Waals surface area contributed by atoms with E-state index in [-0.39, 0.29) is 5.56 Å². The van der Waals surface area contributed by atoms with E-state index in [9.17, 15) is 17.6 Å². The van der Waals surface area contributed by atoms with E-state index in [0.29, 0.717) is 42.6 Å². The molecule has 0 saturated heterocycles. The van der Waals surface area contributed by atoms with Crippen LogP contribution in [0.1, 0.15) is 28.4 Å². The number of aryl methyl sites for hydroxylation is 1. The normalized spacial score (nSPS) is 11.8. The molecule has 0 unspecified atom stereocenters. The van der Waals surface area contributed by atoms with Gasteiger partial charge in [0.1, 0.15) is 5.82 Å². The van der Waals surface area contributed by atoms with Gasteiger partial charge in [0.2, 0.25) is 0 Å². The smallest absolute Gasteiger partial charge is 0.254 e. The highest BCUT2D eigenvalue weighted by molar-refractivity contribution is 7.90. The van der Waals surface area contributed by atoms with Gasteiger partial charge in [-0.2, -0.15) is 0 Å². The molecule has 0 aliphatic heterocycles. The average molecular weight is 435 g/mol. The van der Waals surface area contributed by atoms with Crippen LogP contribution in [0.25, 0.3) is 0 Å². The molecule has 0 atom stereocenters. The highest BCUT2D eigenvalue weighted by Gasteiger charge is 2.11. The molecule has 9 heteroatoms. The molecule has 0 aliphatic carbocycles. The van der Waals surface area contributed by atoms with Gasteiger partial charge in [0.15, 0.2) is 15.8 Å². The minimum atomic E-state index is -3.25. The van der Waals surface area contributed by atoms with Crippen LogP contribution in [-0.4, -0.2) is 46.2 Å². The quantitative estimate of drug-likeness (QED) is 0.335. The summed E-state index contributed by atoms with van der Waals surface area (Å²) in [7, 11) is -3.25. The van der Waals surface area contributed by atoms with Crippen molar-refractivity contribution in [3.63, 3.8) is 0 Å². The zero-order valence-electron chi connectivity index (χ0n) is 17.3. The van der Waals surface area contributed by atoms with Crippen LogP contribution in [0.2, 0.25) is 0 Å². The van der Waals surface area contributed by atoms with E-state index >= 15 is 0 Å². The first-order chi connectivity index (χ1) is 14.2. The summed E-state index contributed by atoms with van der Waals surface area (Å²) in [5.74, 6) is -0.476. The van der Waals surface area contributed by atoms with Crippen LogP contribution in [0.15, 0.2) is 52.4 Å².